The number of aliphatic hydroxyl groups excluding tert-OH is 1. The summed E-state index contributed by atoms with van der Waals surface area (Å²) in [6.07, 6.45) is -0.000431. The largest absolute Gasteiger partial charge is 0.488 e. The van der Waals surface area contributed by atoms with Crippen molar-refractivity contribution in [2.45, 2.75) is 39.0 Å². The van der Waals surface area contributed by atoms with Crippen LogP contribution in [0.4, 0.5) is 5.69 Å². The minimum Gasteiger partial charge on any atom is -0.488 e. The van der Waals surface area contributed by atoms with Crippen LogP contribution in [0, 0.1) is 5.92 Å². The van der Waals surface area contributed by atoms with Crippen molar-refractivity contribution >= 4 is 17.5 Å². The summed E-state index contributed by atoms with van der Waals surface area (Å²) in [5.74, 6) is 1.62. The highest BCUT2D eigenvalue weighted by Gasteiger charge is 2.33. The van der Waals surface area contributed by atoms with E-state index >= 15 is 0 Å². The van der Waals surface area contributed by atoms with Crippen LogP contribution in [0.3, 0.4) is 0 Å². The number of nitrogens with zero attached hydrogens (tertiary/aromatic N) is 2. The van der Waals surface area contributed by atoms with Crippen LogP contribution in [0.15, 0.2) is 103 Å². The van der Waals surface area contributed by atoms with Crippen molar-refractivity contribution in [1.82, 2.24) is 9.80 Å². The lowest BCUT2D eigenvalue weighted by Gasteiger charge is -2.38. The lowest BCUT2D eigenvalue weighted by atomic mass is 9.99. The van der Waals surface area contributed by atoms with Crippen molar-refractivity contribution in [2.75, 3.05) is 32.1 Å². The maximum absolute atomic E-state index is 13.8. The normalized spacial score (nSPS) is 17.1. The van der Waals surface area contributed by atoms with Gasteiger partial charge in [0.05, 0.1) is 24.6 Å². The quantitative estimate of drug-likeness (QED) is 0.217. The molecule has 0 aromatic heterocycles. The molecule has 0 spiro atoms. The number of aliphatic hydroxyl groups is 1. The Morgan fingerprint density at radius 3 is 2.33 bits per heavy atom. The van der Waals surface area contributed by atoms with Crippen molar-refractivity contribution in [2.24, 2.45) is 5.92 Å². The number of hydrogen-bond donors (Lipinski definition) is 2. The van der Waals surface area contributed by atoms with E-state index in [4.69, 9.17) is 9.47 Å². The highest BCUT2D eigenvalue weighted by Crippen LogP contribution is 2.31. The second-order valence-electron chi connectivity index (χ2n) is 11.8. The van der Waals surface area contributed by atoms with E-state index in [0.717, 1.165) is 22.6 Å². The Hall–Kier alpha value is -4.66. The van der Waals surface area contributed by atoms with E-state index in [9.17, 15) is 14.7 Å². The Balaban J connectivity index is 1.29. The summed E-state index contributed by atoms with van der Waals surface area (Å²) in [6, 6.07) is 32.1. The summed E-state index contributed by atoms with van der Waals surface area (Å²) in [6.45, 7) is 5.50. The van der Waals surface area contributed by atoms with Gasteiger partial charge in [-0.1, -0.05) is 67.6 Å². The molecule has 0 unspecified atom stereocenters. The molecule has 0 aliphatic carbocycles. The molecular formula is C37H41N3O5. The molecule has 8 heteroatoms. The third-order valence-electron chi connectivity index (χ3n) is 8.00. The molecule has 234 valence electrons. The van der Waals surface area contributed by atoms with Gasteiger partial charge in [-0.2, -0.15) is 0 Å². The van der Waals surface area contributed by atoms with Crippen LogP contribution in [0.25, 0.3) is 0 Å². The fraction of sp³-hybridized carbons (Fsp3) is 0.297. The standard InChI is InChI=1S/C37H41N3O5/c1-26-22-40(27(2)25-41)37(43)33-21-30(38-36(42)20-28-10-6-4-7-11-28)16-19-34(33)45-35(26)24-39(3)23-29-14-17-32(18-15-29)44-31-12-8-5-9-13-31/h4-19,21,26-27,35,41H,20,22-25H2,1-3H3,(H,38,42)/t26-,27+,35-/m0/s1. The summed E-state index contributed by atoms with van der Waals surface area (Å²) in [5, 5.41) is 12.9. The molecular weight excluding hydrogens is 566 g/mol. The molecule has 45 heavy (non-hydrogen) atoms. The zero-order chi connectivity index (χ0) is 31.8. The molecule has 0 saturated heterocycles. The summed E-state index contributed by atoms with van der Waals surface area (Å²) in [5.41, 5.74) is 2.92. The van der Waals surface area contributed by atoms with E-state index < -0.39 is 0 Å². The number of benzene rings is 4. The maximum atomic E-state index is 13.8. The number of amides is 2. The molecule has 8 nitrogen and oxygen atoms in total. The van der Waals surface area contributed by atoms with Gasteiger partial charge in [0.2, 0.25) is 5.91 Å². The van der Waals surface area contributed by atoms with Crippen LogP contribution in [-0.2, 0) is 17.8 Å². The first-order valence-electron chi connectivity index (χ1n) is 15.4. The molecule has 0 bridgehead atoms. The molecule has 3 atom stereocenters. The monoisotopic (exact) mass is 607 g/mol. The van der Waals surface area contributed by atoms with E-state index in [1.807, 2.05) is 79.7 Å². The van der Waals surface area contributed by atoms with Gasteiger partial charge in [0.15, 0.2) is 0 Å². The highest BCUT2D eigenvalue weighted by molar-refractivity contribution is 6.00. The maximum Gasteiger partial charge on any atom is 0.258 e. The summed E-state index contributed by atoms with van der Waals surface area (Å²) < 4.78 is 12.5. The van der Waals surface area contributed by atoms with Gasteiger partial charge in [0.25, 0.3) is 5.91 Å². The lowest BCUT2D eigenvalue weighted by molar-refractivity contribution is -0.115. The van der Waals surface area contributed by atoms with E-state index in [-0.39, 0.29) is 42.9 Å². The Labute approximate surface area is 265 Å². The topological polar surface area (TPSA) is 91.3 Å². The van der Waals surface area contributed by atoms with Crippen molar-refractivity contribution in [3.05, 3.63) is 120 Å². The predicted octanol–water partition coefficient (Wildman–Crippen LogP) is 6.01. The lowest BCUT2D eigenvalue weighted by Crippen LogP contribution is -2.49. The number of anilines is 1. The van der Waals surface area contributed by atoms with Gasteiger partial charge in [-0.25, -0.2) is 0 Å². The van der Waals surface area contributed by atoms with Crippen molar-refractivity contribution in [3.8, 4) is 17.2 Å². The molecule has 1 aliphatic heterocycles. The number of fused-ring (bicyclic) bond motifs is 1. The van der Waals surface area contributed by atoms with Gasteiger partial charge < -0.3 is 24.8 Å². The first-order chi connectivity index (χ1) is 21.8. The average molecular weight is 608 g/mol. The van der Waals surface area contributed by atoms with Crippen LogP contribution in [0.2, 0.25) is 0 Å². The van der Waals surface area contributed by atoms with Crippen molar-refractivity contribution in [1.29, 1.82) is 0 Å². The predicted molar refractivity (Wildman–Crippen MR) is 176 cm³/mol. The third kappa shape index (κ3) is 8.50. The van der Waals surface area contributed by atoms with Crippen molar-refractivity contribution in [3.63, 3.8) is 0 Å². The number of nitrogens with one attached hydrogen (secondary N) is 1. The zero-order valence-corrected chi connectivity index (χ0v) is 26.1. The fourth-order valence-electron chi connectivity index (χ4n) is 5.48. The molecule has 0 radical (unpaired) electrons. The summed E-state index contributed by atoms with van der Waals surface area (Å²) >= 11 is 0. The Bertz CT molecular complexity index is 1560. The molecule has 1 heterocycles. The Morgan fingerprint density at radius 2 is 1.64 bits per heavy atom. The molecule has 2 N–H and O–H groups in total. The fourth-order valence-corrected chi connectivity index (χ4v) is 5.48. The van der Waals surface area contributed by atoms with Crippen molar-refractivity contribution < 1.29 is 24.2 Å². The van der Waals surface area contributed by atoms with Crippen LogP contribution < -0.4 is 14.8 Å². The van der Waals surface area contributed by atoms with Gasteiger partial charge in [-0.15, -0.1) is 0 Å². The molecule has 4 aromatic carbocycles. The zero-order valence-electron chi connectivity index (χ0n) is 26.1. The molecule has 1 aliphatic rings. The number of hydrogen-bond acceptors (Lipinski definition) is 6. The Morgan fingerprint density at radius 1 is 0.978 bits per heavy atom. The van der Waals surface area contributed by atoms with Gasteiger partial charge in [-0.05, 0) is 67.6 Å². The highest BCUT2D eigenvalue weighted by atomic mass is 16.5. The minimum atomic E-state index is -0.378. The third-order valence-corrected chi connectivity index (χ3v) is 8.00. The number of likely N-dealkylation sites (N-methyl/N-ethyl adjacent to an activating group) is 1. The van der Waals surface area contributed by atoms with Gasteiger partial charge in [0.1, 0.15) is 23.4 Å². The Kier molecular flexibility index (Phi) is 10.5. The average Bonchev–Trinajstić information content (AvgIpc) is 3.04. The number of ether oxygens (including phenoxy) is 2. The smallest absolute Gasteiger partial charge is 0.258 e. The van der Waals surface area contributed by atoms with Crippen LogP contribution in [0.1, 0.15) is 35.3 Å². The molecule has 4 aromatic rings. The van der Waals surface area contributed by atoms with E-state index in [2.05, 4.69) is 36.3 Å². The molecule has 0 fully saturated rings. The summed E-state index contributed by atoms with van der Waals surface area (Å²) in [4.78, 5) is 30.4. The molecule has 2 amide bonds. The first-order valence-corrected chi connectivity index (χ1v) is 15.4. The number of rotatable bonds is 11. The first kappa shape index (κ1) is 31.8. The minimum absolute atomic E-state index is 0.00884. The SMILES string of the molecule is C[C@H](CO)N1C[C@H](C)[C@H](CN(C)Cc2ccc(Oc3ccccc3)cc2)Oc2ccc(NC(=O)Cc3ccccc3)cc2C1=O. The molecule has 0 saturated carbocycles. The number of carbonyl (C=O) groups excluding carboxylic acids is 2. The van der Waals surface area contributed by atoms with Gasteiger partial charge in [-0.3, -0.25) is 14.5 Å². The van der Waals surface area contributed by atoms with E-state index in [0.29, 0.717) is 36.6 Å². The van der Waals surface area contributed by atoms with E-state index in [1.165, 1.54) is 0 Å². The van der Waals surface area contributed by atoms with Crippen LogP contribution in [-0.4, -0.2) is 65.6 Å². The van der Waals surface area contributed by atoms with Crippen LogP contribution in [0.5, 0.6) is 17.2 Å². The van der Waals surface area contributed by atoms with Gasteiger partial charge >= 0.3 is 0 Å². The number of para-hydroxylation sites is 1. The van der Waals surface area contributed by atoms with E-state index in [1.54, 1.807) is 23.1 Å². The van der Waals surface area contributed by atoms with Crippen LogP contribution >= 0.6 is 0 Å². The van der Waals surface area contributed by atoms with Gasteiger partial charge in [0, 0.05) is 31.2 Å². The summed E-state index contributed by atoms with van der Waals surface area (Å²) in [7, 11) is 2.05. The number of carbonyl (C=O) groups is 2. The second kappa shape index (κ2) is 14.9. The second-order valence-corrected chi connectivity index (χ2v) is 11.8. The molecule has 5 rings (SSSR count).